The fourth-order valence-corrected chi connectivity index (χ4v) is 2.23. The molecule has 0 saturated heterocycles. The topological polar surface area (TPSA) is 62.8 Å². The van der Waals surface area contributed by atoms with Crippen LogP contribution in [0.25, 0.3) is 0 Å². The Hall–Kier alpha value is -1.40. The van der Waals surface area contributed by atoms with E-state index >= 15 is 0 Å². The lowest BCUT2D eigenvalue weighted by molar-refractivity contribution is 0.289. The number of thiazole rings is 1. The van der Waals surface area contributed by atoms with Gasteiger partial charge in [-0.15, -0.1) is 16.4 Å². The van der Waals surface area contributed by atoms with Crippen molar-refractivity contribution in [2.24, 2.45) is 0 Å². The molecule has 0 fully saturated rings. The number of hydrogen-bond acceptors (Lipinski definition) is 5. The molecule has 2 aromatic heterocycles. The first kappa shape index (κ1) is 13.0. The molecule has 5 nitrogen and oxygen atoms in total. The van der Waals surface area contributed by atoms with E-state index in [4.69, 9.17) is 4.74 Å². The van der Waals surface area contributed by atoms with E-state index in [1.54, 1.807) is 11.3 Å². The second kappa shape index (κ2) is 6.51. The summed E-state index contributed by atoms with van der Waals surface area (Å²) in [6.45, 7) is 6.42. The van der Waals surface area contributed by atoms with Crippen LogP contribution in [0.3, 0.4) is 0 Å². The van der Waals surface area contributed by atoms with Crippen LogP contribution < -0.4 is 10.1 Å². The van der Waals surface area contributed by atoms with Crippen LogP contribution in [-0.2, 0) is 13.2 Å². The molecule has 2 N–H and O–H groups in total. The maximum absolute atomic E-state index is 5.53. The summed E-state index contributed by atoms with van der Waals surface area (Å²) in [6.07, 6.45) is 1.14. The Morgan fingerprint density at radius 2 is 2.39 bits per heavy atom. The number of rotatable bonds is 7. The number of aromatic amines is 1. The lowest BCUT2D eigenvalue weighted by Crippen LogP contribution is -2.13. The molecule has 0 atom stereocenters. The van der Waals surface area contributed by atoms with Crippen LogP contribution in [-0.4, -0.2) is 21.7 Å². The number of aromatic nitrogens is 3. The Kier molecular flexibility index (Phi) is 4.72. The summed E-state index contributed by atoms with van der Waals surface area (Å²) in [5, 5.41) is 13.3. The highest BCUT2D eigenvalue weighted by molar-refractivity contribution is 7.09. The van der Waals surface area contributed by atoms with Crippen LogP contribution in [0.1, 0.15) is 29.7 Å². The van der Waals surface area contributed by atoms with Crippen LogP contribution in [0, 0.1) is 6.92 Å². The van der Waals surface area contributed by atoms with E-state index < -0.39 is 0 Å². The molecule has 98 valence electrons. The minimum absolute atomic E-state index is 0.467. The van der Waals surface area contributed by atoms with Gasteiger partial charge in [-0.2, -0.15) is 0 Å². The molecular formula is C12H18N4OS. The number of H-pyrrole nitrogens is 1. The van der Waals surface area contributed by atoms with E-state index in [-0.39, 0.29) is 0 Å². The zero-order chi connectivity index (χ0) is 12.8. The normalized spacial score (nSPS) is 10.8. The predicted octanol–water partition coefficient (Wildman–Crippen LogP) is 2.25. The molecule has 2 aromatic rings. The average Bonchev–Trinajstić information content (AvgIpc) is 2.96. The van der Waals surface area contributed by atoms with Gasteiger partial charge in [-0.05, 0) is 19.9 Å². The van der Waals surface area contributed by atoms with Crippen LogP contribution in [0.4, 0.5) is 0 Å². The van der Waals surface area contributed by atoms with E-state index in [9.17, 15) is 0 Å². The highest BCUT2D eigenvalue weighted by atomic mass is 32.1. The van der Waals surface area contributed by atoms with E-state index in [2.05, 4.69) is 27.4 Å². The summed E-state index contributed by atoms with van der Waals surface area (Å²) >= 11 is 1.66. The van der Waals surface area contributed by atoms with Gasteiger partial charge in [0.2, 0.25) is 5.88 Å². The minimum Gasteiger partial charge on any atom is -0.470 e. The lowest BCUT2D eigenvalue weighted by Gasteiger charge is -1.99. The standard InChI is InChI=1S/C12H18N4OS/c1-3-4-13-6-12-14-10(8-18-12)7-17-11-5-9(2)15-16-11/h5,8,13H,3-4,6-7H2,1-2H3,(H,15,16). The first-order chi connectivity index (χ1) is 8.78. The average molecular weight is 266 g/mol. The van der Waals surface area contributed by atoms with Gasteiger partial charge in [0.15, 0.2) is 0 Å². The van der Waals surface area contributed by atoms with Crippen molar-refractivity contribution in [3.05, 3.63) is 27.8 Å². The summed E-state index contributed by atoms with van der Waals surface area (Å²) in [4.78, 5) is 4.50. The van der Waals surface area contributed by atoms with Gasteiger partial charge in [-0.1, -0.05) is 6.92 Å². The monoisotopic (exact) mass is 266 g/mol. The Morgan fingerprint density at radius 1 is 1.50 bits per heavy atom. The number of nitrogens with one attached hydrogen (secondary N) is 2. The molecule has 0 spiro atoms. The fourth-order valence-electron chi connectivity index (χ4n) is 1.48. The molecule has 0 unspecified atom stereocenters. The molecule has 0 aromatic carbocycles. The second-order valence-corrected chi connectivity index (χ2v) is 5.03. The van der Waals surface area contributed by atoms with Crippen LogP contribution in [0.5, 0.6) is 5.88 Å². The fraction of sp³-hybridized carbons (Fsp3) is 0.500. The predicted molar refractivity (Wildman–Crippen MR) is 71.8 cm³/mol. The van der Waals surface area contributed by atoms with Crippen molar-refractivity contribution in [2.45, 2.75) is 33.4 Å². The van der Waals surface area contributed by atoms with Gasteiger partial charge in [0, 0.05) is 23.7 Å². The summed E-state index contributed by atoms with van der Waals surface area (Å²) in [7, 11) is 0. The molecule has 0 aliphatic carbocycles. The number of nitrogens with zero attached hydrogens (tertiary/aromatic N) is 2. The summed E-state index contributed by atoms with van der Waals surface area (Å²) in [5.41, 5.74) is 1.95. The maximum Gasteiger partial charge on any atom is 0.233 e. The molecule has 0 aliphatic heterocycles. The Bertz CT molecular complexity index is 480. The third-order valence-electron chi connectivity index (χ3n) is 2.35. The van der Waals surface area contributed by atoms with E-state index in [1.807, 2.05) is 18.4 Å². The largest absolute Gasteiger partial charge is 0.470 e. The van der Waals surface area contributed by atoms with Gasteiger partial charge in [0.1, 0.15) is 11.6 Å². The van der Waals surface area contributed by atoms with Crippen LogP contribution in [0.15, 0.2) is 11.4 Å². The first-order valence-corrected chi connectivity index (χ1v) is 6.94. The van der Waals surface area contributed by atoms with Gasteiger partial charge >= 0.3 is 0 Å². The molecule has 2 heterocycles. The molecule has 2 rings (SSSR count). The Morgan fingerprint density at radius 3 is 3.11 bits per heavy atom. The maximum atomic E-state index is 5.53. The molecule has 0 saturated carbocycles. The van der Waals surface area contributed by atoms with E-state index in [1.165, 1.54) is 0 Å². The molecule has 0 bridgehead atoms. The Balaban J connectivity index is 1.79. The van der Waals surface area contributed by atoms with Crippen molar-refractivity contribution in [1.82, 2.24) is 20.5 Å². The van der Waals surface area contributed by atoms with Crippen molar-refractivity contribution in [2.75, 3.05) is 6.54 Å². The molecule has 18 heavy (non-hydrogen) atoms. The summed E-state index contributed by atoms with van der Waals surface area (Å²) in [5.74, 6) is 0.617. The van der Waals surface area contributed by atoms with Crippen molar-refractivity contribution < 1.29 is 4.74 Å². The Labute approximate surface area is 111 Å². The summed E-state index contributed by atoms with van der Waals surface area (Å²) < 4.78 is 5.53. The quantitative estimate of drug-likeness (QED) is 0.755. The van der Waals surface area contributed by atoms with Crippen LogP contribution in [0.2, 0.25) is 0 Å². The summed E-state index contributed by atoms with van der Waals surface area (Å²) in [6, 6.07) is 1.87. The van der Waals surface area contributed by atoms with Gasteiger partial charge in [0.05, 0.1) is 5.69 Å². The number of hydrogen-bond donors (Lipinski definition) is 2. The van der Waals surface area contributed by atoms with Gasteiger partial charge in [0.25, 0.3) is 0 Å². The van der Waals surface area contributed by atoms with Crippen molar-refractivity contribution in [1.29, 1.82) is 0 Å². The third-order valence-corrected chi connectivity index (χ3v) is 3.25. The number of aryl methyl sites for hydroxylation is 1. The van der Waals surface area contributed by atoms with Gasteiger partial charge < -0.3 is 10.1 Å². The third kappa shape index (κ3) is 3.82. The zero-order valence-electron chi connectivity index (χ0n) is 10.7. The SMILES string of the molecule is CCCNCc1nc(COc2cc(C)[nH]n2)cs1. The molecular weight excluding hydrogens is 248 g/mol. The van der Waals surface area contributed by atoms with Crippen molar-refractivity contribution in [3.63, 3.8) is 0 Å². The molecule has 0 radical (unpaired) electrons. The van der Waals surface area contributed by atoms with Gasteiger partial charge in [-0.3, -0.25) is 5.10 Å². The smallest absolute Gasteiger partial charge is 0.233 e. The zero-order valence-corrected chi connectivity index (χ0v) is 11.5. The van der Waals surface area contributed by atoms with Crippen LogP contribution >= 0.6 is 11.3 Å². The first-order valence-electron chi connectivity index (χ1n) is 6.06. The van der Waals surface area contributed by atoms with E-state index in [0.29, 0.717) is 12.5 Å². The molecule has 0 amide bonds. The minimum atomic E-state index is 0.467. The second-order valence-electron chi connectivity index (χ2n) is 4.09. The lowest BCUT2D eigenvalue weighted by atomic mass is 10.5. The molecule has 6 heteroatoms. The molecule has 0 aliphatic rings. The van der Waals surface area contributed by atoms with E-state index in [0.717, 1.165) is 35.9 Å². The highest BCUT2D eigenvalue weighted by Crippen LogP contribution is 2.13. The number of ether oxygens (including phenoxy) is 1. The van der Waals surface area contributed by atoms with Crippen molar-refractivity contribution >= 4 is 11.3 Å². The van der Waals surface area contributed by atoms with Gasteiger partial charge in [-0.25, -0.2) is 4.98 Å². The highest BCUT2D eigenvalue weighted by Gasteiger charge is 2.04. The van der Waals surface area contributed by atoms with Crippen molar-refractivity contribution in [3.8, 4) is 5.88 Å².